The number of carbonyl (C=O) groups excluding carboxylic acids is 2. The number of urea groups is 1. The summed E-state index contributed by atoms with van der Waals surface area (Å²) in [6.45, 7) is 8.72. The van der Waals surface area contributed by atoms with E-state index in [1.54, 1.807) is 25.7 Å². The molecule has 3 N–H and O–H groups in total. The maximum atomic E-state index is 13.5. The molecule has 1 aliphatic heterocycles. The summed E-state index contributed by atoms with van der Waals surface area (Å²) in [7, 11) is 3.17. The van der Waals surface area contributed by atoms with Crippen molar-refractivity contribution in [3.63, 3.8) is 0 Å². The molecule has 5 rings (SSSR count). The van der Waals surface area contributed by atoms with Gasteiger partial charge in [-0.15, -0.1) is 11.3 Å². The molecule has 0 atom stereocenters. The molecule has 4 aromatic rings. The van der Waals surface area contributed by atoms with Crippen LogP contribution in [-0.4, -0.2) is 73.2 Å². The summed E-state index contributed by atoms with van der Waals surface area (Å²) in [5.41, 5.74) is 4.43. The number of amides is 3. The summed E-state index contributed by atoms with van der Waals surface area (Å²) in [6, 6.07) is 10.0. The van der Waals surface area contributed by atoms with Crippen molar-refractivity contribution >= 4 is 79.0 Å². The topological polar surface area (TPSA) is 121 Å². The van der Waals surface area contributed by atoms with E-state index in [4.69, 9.17) is 9.47 Å². The minimum atomic E-state index is -0.279. The Morgan fingerprint density at radius 3 is 2.37 bits per heavy atom. The summed E-state index contributed by atoms with van der Waals surface area (Å²) in [6.07, 6.45) is 1.46. The molecule has 2 aromatic carbocycles. The number of benzene rings is 2. The van der Waals surface area contributed by atoms with Crippen molar-refractivity contribution in [1.29, 1.82) is 0 Å². The third kappa shape index (κ3) is 6.56. The lowest BCUT2D eigenvalue weighted by molar-refractivity contribution is 0.102. The molecule has 1 aliphatic rings. The number of methoxy groups -OCH3 is 2. The predicted octanol–water partition coefficient (Wildman–Crippen LogP) is 5.86. The summed E-state index contributed by atoms with van der Waals surface area (Å²) in [5.74, 6) is 1.59. The second-order valence-electron chi connectivity index (χ2n) is 10.3. The molecule has 0 saturated carbocycles. The highest BCUT2D eigenvalue weighted by atomic mass is 127. The van der Waals surface area contributed by atoms with E-state index in [-0.39, 0.29) is 18.0 Å². The molecule has 0 radical (unpaired) electrons. The van der Waals surface area contributed by atoms with Gasteiger partial charge in [-0.25, -0.2) is 14.8 Å². The molecule has 1 saturated heterocycles. The number of hydrogen-bond acceptors (Lipinski definition) is 9. The number of hydrogen-bond donors (Lipinski definition) is 3. The van der Waals surface area contributed by atoms with Crippen LogP contribution in [0.1, 0.15) is 29.8 Å². The third-order valence-corrected chi connectivity index (χ3v) is 9.24. The number of fused-ring (bicyclic) bond motifs is 1. The van der Waals surface area contributed by atoms with E-state index in [1.807, 2.05) is 37.8 Å². The third-order valence-electron chi connectivity index (χ3n) is 7.19. The number of nitrogens with zero attached hydrogens (tertiary/aromatic N) is 4. The number of nitrogens with one attached hydrogen (secondary N) is 3. The van der Waals surface area contributed by atoms with E-state index in [2.05, 4.69) is 65.5 Å². The first-order valence-corrected chi connectivity index (χ1v) is 15.8. The van der Waals surface area contributed by atoms with Crippen LogP contribution < -0.4 is 30.3 Å². The molecule has 1 fully saturated rings. The van der Waals surface area contributed by atoms with Gasteiger partial charge in [0.05, 0.1) is 39.3 Å². The lowest BCUT2D eigenvalue weighted by atomic mass is 10.1. The normalized spacial score (nSPS) is 13.3. The van der Waals surface area contributed by atoms with Crippen LogP contribution in [-0.2, 0) is 0 Å². The van der Waals surface area contributed by atoms with E-state index in [0.717, 1.165) is 38.3 Å². The summed E-state index contributed by atoms with van der Waals surface area (Å²) in [5, 5.41) is 11.2. The molecule has 226 valence electrons. The molecule has 43 heavy (non-hydrogen) atoms. The molecule has 0 aliphatic carbocycles. The Morgan fingerprint density at radius 1 is 1.02 bits per heavy atom. The van der Waals surface area contributed by atoms with Crippen molar-refractivity contribution in [2.75, 3.05) is 55.9 Å². The van der Waals surface area contributed by atoms with Gasteiger partial charge in [0.2, 0.25) is 0 Å². The predicted molar refractivity (Wildman–Crippen MR) is 180 cm³/mol. The quantitative estimate of drug-likeness (QED) is 0.194. The van der Waals surface area contributed by atoms with Crippen molar-refractivity contribution in [2.45, 2.75) is 26.8 Å². The standard InChI is InChI=1S/C30H34IN7O4S/c1-17(2)34-30(40)38-12-10-37(11-13-38)20-8-6-19(7-9-20)35-28-27-26(32-16-33-28)21(15-43-27)29(39)36-25-18(3)22(41-4)14-23(42-5)24(25)31/h6-9,14-17H,10-13H2,1-5H3,(H,34,40)(H,36,39)(H,32,33,35). The highest BCUT2D eigenvalue weighted by Gasteiger charge is 2.23. The van der Waals surface area contributed by atoms with Crippen LogP contribution in [0.25, 0.3) is 10.2 Å². The van der Waals surface area contributed by atoms with Crippen molar-refractivity contribution in [2.24, 2.45) is 0 Å². The fourth-order valence-corrected chi connectivity index (χ4v) is 6.75. The molecular weight excluding hydrogens is 681 g/mol. The van der Waals surface area contributed by atoms with Crippen LogP contribution in [0.2, 0.25) is 0 Å². The molecule has 3 amide bonds. The average Bonchev–Trinajstić information content (AvgIpc) is 3.45. The molecule has 0 unspecified atom stereocenters. The Kier molecular flexibility index (Phi) is 9.40. The van der Waals surface area contributed by atoms with Gasteiger partial charge in [0.15, 0.2) is 5.82 Å². The maximum Gasteiger partial charge on any atom is 0.317 e. The summed E-state index contributed by atoms with van der Waals surface area (Å²) < 4.78 is 12.5. The maximum absolute atomic E-state index is 13.5. The Balaban J connectivity index is 1.29. The Morgan fingerprint density at radius 2 is 1.72 bits per heavy atom. The molecule has 13 heteroatoms. The van der Waals surface area contributed by atoms with Crippen LogP contribution in [0.5, 0.6) is 11.5 Å². The van der Waals surface area contributed by atoms with E-state index < -0.39 is 0 Å². The zero-order valence-electron chi connectivity index (χ0n) is 24.7. The number of carbonyl (C=O) groups is 2. The minimum Gasteiger partial charge on any atom is -0.496 e. The fourth-order valence-electron chi connectivity index (χ4n) is 4.89. The van der Waals surface area contributed by atoms with Gasteiger partial charge in [-0.1, -0.05) is 0 Å². The Bertz CT molecular complexity index is 1610. The van der Waals surface area contributed by atoms with Crippen LogP contribution in [0, 0.1) is 10.5 Å². The highest BCUT2D eigenvalue weighted by molar-refractivity contribution is 14.1. The van der Waals surface area contributed by atoms with E-state index in [1.165, 1.54) is 17.7 Å². The van der Waals surface area contributed by atoms with E-state index in [9.17, 15) is 9.59 Å². The van der Waals surface area contributed by atoms with Crippen molar-refractivity contribution in [3.8, 4) is 11.5 Å². The second kappa shape index (κ2) is 13.2. The number of thiophene rings is 1. The first kappa shape index (κ1) is 30.6. The zero-order valence-corrected chi connectivity index (χ0v) is 27.6. The summed E-state index contributed by atoms with van der Waals surface area (Å²) >= 11 is 3.57. The van der Waals surface area contributed by atoms with Gasteiger partial charge in [-0.05, 0) is 67.6 Å². The first-order chi connectivity index (χ1) is 20.7. The van der Waals surface area contributed by atoms with Crippen LogP contribution in [0.3, 0.4) is 0 Å². The van der Waals surface area contributed by atoms with Crippen molar-refractivity contribution in [1.82, 2.24) is 20.2 Å². The molecule has 11 nitrogen and oxygen atoms in total. The van der Waals surface area contributed by atoms with Gasteiger partial charge in [0, 0.05) is 60.6 Å². The van der Waals surface area contributed by atoms with Gasteiger partial charge < -0.3 is 35.2 Å². The van der Waals surface area contributed by atoms with Gasteiger partial charge in [0.1, 0.15) is 17.8 Å². The molecule has 2 aromatic heterocycles. The van der Waals surface area contributed by atoms with Gasteiger partial charge in [-0.3, -0.25) is 4.79 Å². The van der Waals surface area contributed by atoms with Gasteiger partial charge >= 0.3 is 6.03 Å². The summed E-state index contributed by atoms with van der Waals surface area (Å²) in [4.78, 5) is 38.8. The van der Waals surface area contributed by atoms with Crippen LogP contribution in [0.15, 0.2) is 42.0 Å². The number of halogens is 1. The lowest BCUT2D eigenvalue weighted by Crippen LogP contribution is -2.52. The molecular formula is C30H34IN7O4S. The number of rotatable bonds is 8. The first-order valence-electron chi connectivity index (χ1n) is 13.8. The Hall–Kier alpha value is -3.85. The van der Waals surface area contributed by atoms with Crippen molar-refractivity contribution in [3.05, 3.63) is 56.7 Å². The molecule has 3 heterocycles. The SMILES string of the molecule is COc1cc(OC)c(I)c(NC(=O)c2csc3c(Nc4ccc(N5CCN(C(=O)NC(C)C)CC5)cc4)ncnc23)c1C. The monoisotopic (exact) mass is 715 g/mol. The zero-order chi connectivity index (χ0) is 30.7. The molecule has 0 spiro atoms. The number of aromatic nitrogens is 2. The van der Waals surface area contributed by atoms with Crippen LogP contribution >= 0.6 is 33.9 Å². The number of ether oxygens (including phenoxy) is 2. The highest BCUT2D eigenvalue weighted by Crippen LogP contribution is 2.39. The van der Waals surface area contributed by atoms with Gasteiger partial charge in [0.25, 0.3) is 5.91 Å². The van der Waals surface area contributed by atoms with E-state index >= 15 is 0 Å². The lowest BCUT2D eigenvalue weighted by Gasteiger charge is -2.36. The molecule has 0 bridgehead atoms. The fraction of sp³-hybridized carbons (Fsp3) is 0.333. The number of anilines is 4. The smallest absolute Gasteiger partial charge is 0.317 e. The minimum absolute atomic E-state index is 0.00928. The van der Waals surface area contributed by atoms with Crippen LogP contribution in [0.4, 0.5) is 27.7 Å². The second-order valence-corrected chi connectivity index (χ2v) is 12.3. The Labute approximate surface area is 268 Å². The average molecular weight is 716 g/mol. The largest absolute Gasteiger partial charge is 0.496 e. The van der Waals surface area contributed by atoms with Gasteiger partial charge in [-0.2, -0.15) is 0 Å². The van der Waals surface area contributed by atoms with Crippen molar-refractivity contribution < 1.29 is 19.1 Å². The van der Waals surface area contributed by atoms with E-state index in [0.29, 0.717) is 47.2 Å². The number of piperazine rings is 1.